The van der Waals surface area contributed by atoms with Crippen molar-refractivity contribution >= 4 is 33.7 Å². The van der Waals surface area contributed by atoms with E-state index in [1.165, 1.54) is 6.07 Å². The molecule has 3 aromatic rings. The van der Waals surface area contributed by atoms with Crippen molar-refractivity contribution in [2.24, 2.45) is 0 Å². The molecule has 1 aromatic carbocycles. The number of hydrogen-bond donors (Lipinski definition) is 0. The molecule has 0 N–H and O–H groups in total. The summed E-state index contributed by atoms with van der Waals surface area (Å²) in [6.07, 6.45) is -1.18. The molecule has 0 saturated carbocycles. The Morgan fingerprint density at radius 1 is 1.15 bits per heavy atom. The lowest BCUT2D eigenvalue weighted by Gasteiger charge is -2.04. The van der Waals surface area contributed by atoms with Gasteiger partial charge in [-0.3, -0.25) is 4.98 Å². The van der Waals surface area contributed by atoms with Gasteiger partial charge in [-0.25, -0.2) is 4.98 Å². The molecule has 7 heteroatoms. The largest absolute Gasteiger partial charge is 0.436 e. The smallest absolute Gasteiger partial charge is 0.416 e. The van der Waals surface area contributed by atoms with Crippen molar-refractivity contribution in [3.8, 4) is 11.5 Å². The second-order valence-electron chi connectivity index (χ2n) is 4.05. The summed E-state index contributed by atoms with van der Waals surface area (Å²) in [5.41, 5.74) is 0.461. The van der Waals surface area contributed by atoms with Gasteiger partial charge in [0.1, 0.15) is 5.52 Å². The molecule has 3 rings (SSSR count). The summed E-state index contributed by atoms with van der Waals surface area (Å²) >= 11 is 2.07. The van der Waals surface area contributed by atoms with Crippen molar-refractivity contribution in [3.05, 3.63) is 45.8 Å². The molecule has 0 atom stereocenters. The van der Waals surface area contributed by atoms with Crippen LogP contribution in [0.5, 0.6) is 0 Å². The third-order valence-corrected chi connectivity index (χ3v) is 3.58. The fourth-order valence-corrected chi connectivity index (χ4v) is 2.34. The second-order valence-corrected chi connectivity index (χ2v) is 5.22. The normalized spacial score (nSPS) is 12.0. The lowest BCUT2D eigenvalue weighted by atomic mass is 10.2. The van der Waals surface area contributed by atoms with Gasteiger partial charge in [0.2, 0.25) is 5.89 Å². The van der Waals surface area contributed by atoms with Crippen LogP contribution >= 0.6 is 22.6 Å². The van der Waals surface area contributed by atoms with E-state index >= 15 is 0 Å². The van der Waals surface area contributed by atoms with Gasteiger partial charge in [-0.1, -0.05) is 0 Å². The van der Waals surface area contributed by atoms with E-state index in [0.717, 1.165) is 15.7 Å². The van der Waals surface area contributed by atoms with E-state index in [1.807, 2.05) is 0 Å². The molecule has 3 nitrogen and oxygen atoms in total. The Morgan fingerprint density at radius 2 is 1.95 bits per heavy atom. The highest BCUT2D eigenvalue weighted by Crippen LogP contribution is 2.33. The topological polar surface area (TPSA) is 38.9 Å². The first-order chi connectivity index (χ1) is 9.45. The van der Waals surface area contributed by atoms with Crippen LogP contribution in [0.1, 0.15) is 5.56 Å². The van der Waals surface area contributed by atoms with Gasteiger partial charge in [-0.15, -0.1) is 0 Å². The molecule has 20 heavy (non-hydrogen) atoms. The first-order valence-corrected chi connectivity index (χ1v) is 6.61. The molecule has 0 bridgehead atoms. The molecule has 0 amide bonds. The summed E-state index contributed by atoms with van der Waals surface area (Å²) in [6, 6.07) is 4.95. The number of oxazole rings is 1. The van der Waals surface area contributed by atoms with Gasteiger partial charge in [0.05, 0.1) is 11.1 Å². The summed E-state index contributed by atoms with van der Waals surface area (Å²) < 4.78 is 44.2. The number of halogens is 4. The number of benzene rings is 1. The summed E-state index contributed by atoms with van der Waals surface area (Å²) in [7, 11) is 0. The molecular formula is C13H6F3IN2O. The van der Waals surface area contributed by atoms with E-state index in [1.54, 1.807) is 18.5 Å². The van der Waals surface area contributed by atoms with Crippen LogP contribution in [0.2, 0.25) is 0 Å². The minimum atomic E-state index is -4.39. The van der Waals surface area contributed by atoms with Gasteiger partial charge >= 0.3 is 6.18 Å². The number of nitrogens with zero attached hydrogens (tertiary/aromatic N) is 2. The Balaban J connectivity index is 2.14. The Hall–Kier alpha value is -1.64. The van der Waals surface area contributed by atoms with E-state index in [0.29, 0.717) is 11.1 Å². The highest BCUT2D eigenvalue weighted by Gasteiger charge is 2.31. The van der Waals surface area contributed by atoms with E-state index in [9.17, 15) is 13.2 Å². The van der Waals surface area contributed by atoms with Crippen LogP contribution in [0.4, 0.5) is 13.2 Å². The van der Waals surface area contributed by atoms with Crippen LogP contribution in [0.3, 0.4) is 0 Å². The summed E-state index contributed by atoms with van der Waals surface area (Å²) in [5.74, 6) is 0.283. The summed E-state index contributed by atoms with van der Waals surface area (Å²) in [5, 5.41) is 0. The van der Waals surface area contributed by atoms with Crippen molar-refractivity contribution in [1.82, 2.24) is 9.97 Å². The van der Waals surface area contributed by atoms with Crippen molar-refractivity contribution in [2.45, 2.75) is 6.18 Å². The number of hydrogen-bond acceptors (Lipinski definition) is 3. The van der Waals surface area contributed by atoms with Crippen LogP contribution in [0.15, 0.2) is 41.1 Å². The SMILES string of the molecule is FC(F)(F)c1ccc2oc(-c3ccncc3I)nc2c1. The van der Waals surface area contributed by atoms with Gasteiger partial charge in [0, 0.05) is 16.0 Å². The average molecular weight is 390 g/mol. The molecule has 2 heterocycles. The number of fused-ring (bicyclic) bond motifs is 1. The predicted molar refractivity (Wildman–Crippen MR) is 75.0 cm³/mol. The zero-order valence-corrected chi connectivity index (χ0v) is 11.9. The minimum Gasteiger partial charge on any atom is -0.436 e. The maximum Gasteiger partial charge on any atom is 0.416 e. The molecule has 0 fully saturated rings. The minimum absolute atomic E-state index is 0.183. The van der Waals surface area contributed by atoms with Gasteiger partial charge in [-0.2, -0.15) is 13.2 Å². The molecule has 0 unspecified atom stereocenters. The third kappa shape index (κ3) is 2.37. The summed E-state index contributed by atoms with van der Waals surface area (Å²) in [6.45, 7) is 0. The van der Waals surface area contributed by atoms with Crippen LogP contribution in [0, 0.1) is 3.57 Å². The Kier molecular flexibility index (Phi) is 3.15. The van der Waals surface area contributed by atoms with Crippen LogP contribution in [-0.2, 0) is 6.18 Å². The third-order valence-electron chi connectivity index (χ3n) is 2.72. The average Bonchev–Trinajstić information content (AvgIpc) is 2.80. The number of pyridine rings is 1. The molecule has 2 aromatic heterocycles. The molecule has 102 valence electrons. The molecular weight excluding hydrogens is 384 g/mol. The zero-order valence-electron chi connectivity index (χ0n) is 9.78. The highest BCUT2D eigenvalue weighted by atomic mass is 127. The zero-order chi connectivity index (χ0) is 14.3. The van der Waals surface area contributed by atoms with Crippen molar-refractivity contribution < 1.29 is 17.6 Å². The van der Waals surface area contributed by atoms with Gasteiger partial charge in [0.15, 0.2) is 5.58 Å². The molecule has 0 spiro atoms. The second kappa shape index (κ2) is 4.72. The Bertz CT molecular complexity index is 783. The van der Waals surface area contributed by atoms with Gasteiger partial charge < -0.3 is 4.42 Å². The van der Waals surface area contributed by atoms with E-state index in [2.05, 4.69) is 32.6 Å². The van der Waals surface area contributed by atoms with Gasteiger partial charge in [0.25, 0.3) is 0 Å². The Morgan fingerprint density at radius 3 is 2.65 bits per heavy atom. The standard InChI is InChI=1S/C13H6F3IN2O/c14-13(15,16)7-1-2-11-10(5-7)19-12(20-11)8-3-4-18-6-9(8)17/h1-6H. The first-order valence-electron chi connectivity index (χ1n) is 5.53. The molecule has 0 aliphatic heterocycles. The quantitative estimate of drug-likeness (QED) is 0.574. The summed E-state index contributed by atoms with van der Waals surface area (Å²) in [4.78, 5) is 8.06. The van der Waals surface area contributed by atoms with Crippen LogP contribution < -0.4 is 0 Å². The number of alkyl halides is 3. The fraction of sp³-hybridized carbons (Fsp3) is 0.0769. The number of rotatable bonds is 1. The Labute approximate surface area is 125 Å². The van der Waals surface area contributed by atoms with Crippen molar-refractivity contribution in [3.63, 3.8) is 0 Å². The highest BCUT2D eigenvalue weighted by molar-refractivity contribution is 14.1. The fourth-order valence-electron chi connectivity index (χ4n) is 1.77. The van der Waals surface area contributed by atoms with E-state index < -0.39 is 11.7 Å². The molecule has 0 aliphatic rings. The van der Waals surface area contributed by atoms with Crippen LogP contribution in [-0.4, -0.2) is 9.97 Å². The van der Waals surface area contributed by atoms with Crippen molar-refractivity contribution in [2.75, 3.05) is 0 Å². The maximum atomic E-state index is 12.6. The monoisotopic (exact) mass is 390 g/mol. The van der Waals surface area contributed by atoms with Gasteiger partial charge in [-0.05, 0) is 46.9 Å². The van der Waals surface area contributed by atoms with Crippen LogP contribution in [0.25, 0.3) is 22.6 Å². The molecule has 0 radical (unpaired) electrons. The van der Waals surface area contributed by atoms with E-state index in [4.69, 9.17) is 4.42 Å². The molecule has 0 aliphatic carbocycles. The van der Waals surface area contributed by atoms with Crippen molar-refractivity contribution in [1.29, 1.82) is 0 Å². The molecule has 0 saturated heterocycles. The number of aromatic nitrogens is 2. The van der Waals surface area contributed by atoms with E-state index in [-0.39, 0.29) is 11.4 Å². The predicted octanol–water partition coefficient (Wildman–Crippen LogP) is 4.51. The first kappa shape index (κ1) is 13.3. The lowest BCUT2D eigenvalue weighted by molar-refractivity contribution is -0.137. The lowest BCUT2D eigenvalue weighted by Crippen LogP contribution is -2.03. The maximum absolute atomic E-state index is 12.6.